The third-order valence-corrected chi connectivity index (χ3v) is 6.30. The van der Waals surface area contributed by atoms with Crippen molar-refractivity contribution in [3.63, 3.8) is 0 Å². The minimum atomic E-state index is -1.03. The molecule has 8 heteroatoms. The normalized spacial score (nSPS) is 15.9. The molecule has 4 rings (SSSR count). The van der Waals surface area contributed by atoms with Crippen LogP contribution in [-0.2, 0) is 4.79 Å². The molecule has 0 spiro atoms. The number of aliphatic hydroxyl groups excluding tert-OH is 1. The van der Waals surface area contributed by atoms with Crippen molar-refractivity contribution in [2.24, 2.45) is 5.41 Å². The number of carbonyl (C=O) groups is 1. The second-order valence-electron chi connectivity index (χ2n) is 10.6. The SMILES string of the molecule is Cc1ccc2c(N3CCC(NC(=O)C(O)CC(C)(C)C)CC3)nc(-c3c(O)cccc3F)nc2c1. The molecule has 1 aromatic heterocycles. The van der Waals surface area contributed by atoms with E-state index < -0.39 is 11.9 Å². The van der Waals surface area contributed by atoms with Crippen LogP contribution >= 0.6 is 0 Å². The van der Waals surface area contributed by atoms with Gasteiger partial charge in [0.1, 0.15) is 23.5 Å². The molecule has 1 unspecified atom stereocenters. The van der Waals surface area contributed by atoms with E-state index in [1.165, 1.54) is 18.2 Å². The smallest absolute Gasteiger partial charge is 0.249 e. The molecule has 0 radical (unpaired) electrons. The third kappa shape index (κ3) is 5.70. The Morgan fingerprint density at radius 1 is 1.20 bits per heavy atom. The lowest BCUT2D eigenvalue weighted by Crippen LogP contribution is -2.48. The number of anilines is 1. The number of piperidine rings is 1. The zero-order chi connectivity index (χ0) is 25.3. The van der Waals surface area contributed by atoms with Gasteiger partial charge in [-0.15, -0.1) is 0 Å². The largest absolute Gasteiger partial charge is 0.507 e. The van der Waals surface area contributed by atoms with Crippen molar-refractivity contribution in [3.05, 3.63) is 47.8 Å². The summed E-state index contributed by atoms with van der Waals surface area (Å²) in [6.45, 7) is 9.19. The quantitative estimate of drug-likeness (QED) is 0.503. The second kappa shape index (κ2) is 9.77. The van der Waals surface area contributed by atoms with Crippen LogP contribution < -0.4 is 10.2 Å². The van der Waals surface area contributed by atoms with Crippen molar-refractivity contribution in [2.75, 3.05) is 18.0 Å². The van der Waals surface area contributed by atoms with Crippen LogP contribution in [0, 0.1) is 18.2 Å². The summed E-state index contributed by atoms with van der Waals surface area (Å²) >= 11 is 0. The van der Waals surface area contributed by atoms with Gasteiger partial charge in [0.25, 0.3) is 0 Å². The first-order valence-electron chi connectivity index (χ1n) is 12.0. The van der Waals surface area contributed by atoms with Gasteiger partial charge in [0.05, 0.1) is 11.1 Å². The maximum Gasteiger partial charge on any atom is 0.249 e. The fraction of sp³-hybridized carbons (Fsp3) is 0.444. The zero-order valence-corrected chi connectivity index (χ0v) is 20.7. The molecule has 2 heterocycles. The van der Waals surface area contributed by atoms with E-state index in [1.54, 1.807) is 0 Å². The minimum Gasteiger partial charge on any atom is -0.507 e. The molecule has 2 aromatic carbocycles. The molecule has 0 saturated carbocycles. The number of rotatable bonds is 5. The van der Waals surface area contributed by atoms with Crippen LogP contribution in [0.15, 0.2) is 36.4 Å². The van der Waals surface area contributed by atoms with Gasteiger partial charge in [0, 0.05) is 24.5 Å². The first kappa shape index (κ1) is 24.9. The molecule has 186 valence electrons. The lowest BCUT2D eigenvalue weighted by Gasteiger charge is -2.34. The molecule has 0 aliphatic carbocycles. The maximum atomic E-state index is 14.6. The molecule has 3 aromatic rings. The van der Waals surface area contributed by atoms with Gasteiger partial charge in [-0.2, -0.15) is 0 Å². The number of halogens is 1. The van der Waals surface area contributed by atoms with Crippen molar-refractivity contribution in [3.8, 4) is 17.1 Å². The number of fused-ring (bicyclic) bond motifs is 1. The number of amides is 1. The molecular formula is C27H33FN4O3. The topological polar surface area (TPSA) is 98.6 Å². The fourth-order valence-electron chi connectivity index (χ4n) is 4.52. The Balaban J connectivity index is 1.57. The summed E-state index contributed by atoms with van der Waals surface area (Å²) in [4.78, 5) is 23.8. The predicted molar refractivity (Wildman–Crippen MR) is 135 cm³/mol. The highest BCUT2D eigenvalue weighted by molar-refractivity contribution is 5.92. The van der Waals surface area contributed by atoms with Crippen molar-refractivity contribution < 1.29 is 19.4 Å². The van der Waals surface area contributed by atoms with Gasteiger partial charge in [-0.3, -0.25) is 4.79 Å². The molecular weight excluding hydrogens is 447 g/mol. The third-order valence-electron chi connectivity index (χ3n) is 6.30. The summed E-state index contributed by atoms with van der Waals surface area (Å²) in [5, 5.41) is 24.4. The van der Waals surface area contributed by atoms with Crippen LogP contribution in [0.1, 0.15) is 45.6 Å². The molecule has 35 heavy (non-hydrogen) atoms. The number of aryl methyl sites for hydroxylation is 1. The summed E-state index contributed by atoms with van der Waals surface area (Å²) in [6.07, 6.45) is 0.741. The van der Waals surface area contributed by atoms with Gasteiger partial charge in [0.2, 0.25) is 5.91 Å². The van der Waals surface area contributed by atoms with Crippen LogP contribution in [0.3, 0.4) is 0 Å². The molecule has 1 aliphatic heterocycles. The number of hydrogen-bond donors (Lipinski definition) is 3. The minimum absolute atomic E-state index is 0.0212. The first-order valence-corrected chi connectivity index (χ1v) is 12.0. The maximum absolute atomic E-state index is 14.6. The number of carbonyl (C=O) groups excluding carboxylic acids is 1. The number of aliphatic hydroxyl groups is 1. The first-order chi connectivity index (χ1) is 16.5. The summed E-state index contributed by atoms with van der Waals surface area (Å²) in [5.74, 6) is -0.324. The molecule has 1 aliphatic rings. The second-order valence-corrected chi connectivity index (χ2v) is 10.6. The Kier molecular flexibility index (Phi) is 6.94. The van der Waals surface area contributed by atoms with Crippen LogP contribution in [0.5, 0.6) is 5.75 Å². The summed E-state index contributed by atoms with van der Waals surface area (Å²) in [6, 6.07) is 9.97. The number of nitrogens with zero attached hydrogens (tertiary/aromatic N) is 3. The van der Waals surface area contributed by atoms with Crippen LogP contribution in [-0.4, -0.2) is 51.3 Å². The van der Waals surface area contributed by atoms with Gasteiger partial charge < -0.3 is 20.4 Å². The number of nitrogens with one attached hydrogen (secondary N) is 1. The van der Waals surface area contributed by atoms with E-state index in [9.17, 15) is 19.4 Å². The van der Waals surface area contributed by atoms with Crippen molar-refractivity contribution in [1.82, 2.24) is 15.3 Å². The highest BCUT2D eigenvalue weighted by Gasteiger charge is 2.28. The van der Waals surface area contributed by atoms with E-state index in [2.05, 4.69) is 20.2 Å². The highest BCUT2D eigenvalue weighted by atomic mass is 19.1. The molecule has 3 N–H and O–H groups in total. The molecule has 0 bridgehead atoms. The standard InChI is InChI=1S/C27H33FN4O3/c1-16-8-9-18-20(14-16)30-24(23-19(28)6-5-7-21(23)33)31-25(18)32-12-10-17(11-13-32)29-26(35)22(34)15-27(2,3)4/h5-9,14,17,22,33-34H,10-13,15H2,1-4H3,(H,29,35). The van der Waals surface area contributed by atoms with E-state index in [0.717, 1.165) is 10.9 Å². The Morgan fingerprint density at radius 3 is 2.57 bits per heavy atom. The number of phenolic OH excluding ortho intramolecular Hbond substituents is 1. The van der Waals surface area contributed by atoms with E-state index in [1.807, 2.05) is 45.9 Å². The zero-order valence-electron chi connectivity index (χ0n) is 20.7. The number of benzene rings is 2. The Bertz CT molecular complexity index is 1210. The number of hydrogen-bond acceptors (Lipinski definition) is 6. The monoisotopic (exact) mass is 480 g/mol. The highest BCUT2D eigenvalue weighted by Crippen LogP contribution is 2.34. The van der Waals surface area contributed by atoms with Crippen molar-refractivity contribution in [1.29, 1.82) is 0 Å². The Hall–Kier alpha value is -3.26. The average Bonchev–Trinajstić information content (AvgIpc) is 2.77. The molecule has 1 amide bonds. The molecule has 1 saturated heterocycles. The van der Waals surface area contributed by atoms with Crippen LogP contribution in [0.4, 0.5) is 10.2 Å². The lowest BCUT2D eigenvalue weighted by atomic mass is 9.89. The fourth-order valence-corrected chi connectivity index (χ4v) is 4.52. The Labute approximate surface area is 205 Å². The van der Waals surface area contributed by atoms with E-state index >= 15 is 0 Å². The van der Waals surface area contributed by atoms with E-state index in [0.29, 0.717) is 43.7 Å². The predicted octanol–water partition coefficient (Wildman–Crippen LogP) is 4.33. The van der Waals surface area contributed by atoms with Gasteiger partial charge >= 0.3 is 0 Å². The molecule has 7 nitrogen and oxygen atoms in total. The van der Waals surface area contributed by atoms with Gasteiger partial charge in [-0.25, -0.2) is 14.4 Å². The lowest BCUT2D eigenvalue weighted by molar-refractivity contribution is -0.131. The number of phenols is 1. The van der Waals surface area contributed by atoms with Crippen molar-refractivity contribution in [2.45, 2.75) is 59.1 Å². The van der Waals surface area contributed by atoms with Crippen LogP contribution in [0.25, 0.3) is 22.3 Å². The summed E-state index contributed by atoms with van der Waals surface area (Å²) < 4.78 is 14.6. The van der Waals surface area contributed by atoms with E-state index in [4.69, 9.17) is 0 Å². The summed E-state index contributed by atoms with van der Waals surface area (Å²) in [7, 11) is 0. The van der Waals surface area contributed by atoms with Crippen molar-refractivity contribution >= 4 is 22.6 Å². The van der Waals surface area contributed by atoms with Gasteiger partial charge in [0.15, 0.2) is 5.82 Å². The Morgan fingerprint density at radius 2 is 1.91 bits per heavy atom. The number of aromatic hydroxyl groups is 1. The average molecular weight is 481 g/mol. The summed E-state index contributed by atoms with van der Waals surface area (Å²) in [5.41, 5.74) is 1.53. The molecule has 1 atom stereocenters. The van der Waals surface area contributed by atoms with E-state index in [-0.39, 0.29) is 34.5 Å². The van der Waals surface area contributed by atoms with Gasteiger partial charge in [-0.1, -0.05) is 32.9 Å². The van der Waals surface area contributed by atoms with Crippen LogP contribution in [0.2, 0.25) is 0 Å². The number of aromatic nitrogens is 2. The molecule has 1 fully saturated rings. The van der Waals surface area contributed by atoms with Gasteiger partial charge in [-0.05, 0) is 61.4 Å².